The fourth-order valence-electron chi connectivity index (χ4n) is 3.75. The van der Waals surface area contributed by atoms with Crippen LogP contribution in [0.15, 0.2) is 76.0 Å². The molecular weight excluding hydrogens is 462 g/mol. The van der Waals surface area contributed by atoms with Crippen molar-refractivity contribution in [2.45, 2.75) is 15.7 Å². The normalized spacial score (nSPS) is 13.3. The van der Waals surface area contributed by atoms with Gasteiger partial charge < -0.3 is 5.32 Å². The zero-order chi connectivity index (χ0) is 22.3. The van der Waals surface area contributed by atoms with E-state index in [1.807, 2.05) is 42.7 Å². The number of carbonyl (C=O) groups is 1. The van der Waals surface area contributed by atoms with Crippen LogP contribution in [0.3, 0.4) is 0 Å². The van der Waals surface area contributed by atoms with Crippen molar-refractivity contribution in [1.82, 2.24) is 4.98 Å². The fourth-order valence-corrected chi connectivity index (χ4v) is 6.83. The molecule has 4 aromatic rings. The molecule has 1 aliphatic rings. The molecule has 0 unspecified atom stereocenters. The number of carbonyl (C=O) groups excluding carboxylic acids is 1. The number of fused-ring (bicyclic) bond motifs is 2. The van der Waals surface area contributed by atoms with Crippen LogP contribution in [0, 0.1) is 0 Å². The van der Waals surface area contributed by atoms with Crippen LogP contribution in [0.5, 0.6) is 0 Å². The first kappa shape index (κ1) is 21.0. The van der Waals surface area contributed by atoms with Gasteiger partial charge in [-0.05, 0) is 60.7 Å². The van der Waals surface area contributed by atoms with Gasteiger partial charge in [-0.3, -0.25) is 9.10 Å². The van der Waals surface area contributed by atoms with E-state index in [1.165, 1.54) is 16.4 Å². The van der Waals surface area contributed by atoms with E-state index in [4.69, 9.17) is 0 Å². The SMILES string of the molecule is CSc1nc2ccc(NC(=O)c3cccc(S(=O)(=O)N4CCc5ccccc54)c3)cc2s1. The molecule has 2 heterocycles. The smallest absolute Gasteiger partial charge is 0.264 e. The van der Waals surface area contributed by atoms with Crippen molar-refractivity contribution in [2.24, 2.45) is 0 Å². The quantitative estimate of drug-likeness (QED) is 0.405. The number of hydrogen-bond acceptors (Lipinski definition) is 6. The largest absolute Gasteiger partial charge is 0.322 e. The van der Waals surface area contributed by atoms with Gasteiger partial charge in [0.15, 0.2) is 4.34 Å². The molecule has 0 bridgehead atoms. The number of rotatable bonds is 5. The number of thioether (sulfide) groups is 1. The second kappa shape index (κ2) is 8.23. The van der Waals surface area contributed by atoms with Gasteiger partial charge in [-0.25, -0.2) is 13.4 Å². The highest BCUT2D eigenvalue weighted by Gasteiger charge is 2.31. The van der Waals surface area contributed by atoms with Crippen LogP contribution in [0.2, 0.25) is 0 Å². The zero-order valence-electron chi connectivity index (χ0n) is 17.1. The fraction of sp³-hybridized carbons (Fsp3) is 0.130. The summed E-state index contributed by atoms with van der Waals surface area (Å²) in [5.74, 6) is -0.363. The molecule has 9 heteroatoms. The van der Waals surface area contributed by atoms with Gasteiger partial charge in [0.25, 0.3) is 15.9 Å². The highest BCUT2D eigenvalue weighted by Crippen LogP contribution is 2.33. The number of sulfonamides is 1. The van der Waals surface area contributed by atoms with Gasteiger partial charge in [-0.15, -0.1) is 11.3 Å². The van der Waals surface area contributed by atoms with Gasteiger partial charge >= 0.3 is 0 Å². The molecule has 0 atom stereocenters. The van der Waals surface area contributed by atoms with Crippen LogP contribution in [-0.4, -0.2) is 32.1 Å². The standard InChI is InChI=1S/C23H19N3O3S3/c1-30-23-25-19-10-9-17(14-21(19)31-23)24-22(27)16-6-4-7-18(13-16)32(28,29)26-12-11-15-5-2-3-8-20(15)26/h2-10,13-14H,11-12H2,1H3,(H,24,27). The number of hydrogen-bond donors (Lipinski definition) is 1. The van der Waals surface area contributed by atoms with Crippen molar-refractivity contribution in [3.05, 3.63) is 77.9 Å². The number of para-hydroxylation sites is 1. The van der Waals surface area contributed by atoms with Crippen molar-refractivity contribution in [3.63, 3.8) is 0 Å². The first-order valence-corrected chi connectivity index (χ1v) is 13.4. The number of amides is 1. The minimum atomic E-state index is -3.77. The Morgan fingerprint density at radius 1 is 1.09 bits per heavy atom. The number of anilines is 2. The predicted octanol–water partition coefficient (Wildman–Crippen LogP) is 5.02. The van der Waals surface area contributed by atoms with E-state index in [-0.39, 0.29) is 16.4 Å². The summed E-state index contributed by atoms with van der Waals surface area (Å²) in [6, 6.07) is 19.2. The Hall–Kier alpha value is -2.88. The lowest BCUT2D eigenvalue weighted by Gasteiger charge is -2.20. The summed E-state index contributed by atoms with van der Waals surface area (Å²) in [4.78, 5) is 17.5. The van der Waals surface area contributed by atoms with Gasteiger partial charge in [0.2, 0.25) is 0 Å². The summed E-state index contributed by atoms with van der Waals surface area (Å²) in [5.41, 5.74) is 3.52. The van der Waals surface area contributed by atoms with E-state index in [9.17, 15) is 13.2 Å². The molecule has 1 N–H and O–H groups in total. The maximum absolute atomic E-state index is 13.3. The Morgan fingerprint density at radius 2 is 1.94 bits per heavy atom. The molecule has 0 saturated heterocycles. The molecule has 6 nitrogen and oxygen atoms in total. The molecular formula is C23H19N3O3S3. The van der Waals surface area contributed by atoms with Crippen LogP contribution in [0.4, 0.5) is 11.4 Å². The topological polar surface area (TPSA) is 79.4 Å². The first-order chi connectivity index (χ1) is 15.5. The number of thiazole rings is 1. The van der Waals surface area contributed by atoms with Crippen molar-refractivity contribution in [1.29, 1.82) is 0 Å². The lowest BCUT2D eigenvalue weighted by Crippen LogP contribution is -2.29. The van der Waals surface area contributed by atoms with Gasteiger partial charge in [-0.2, -0.15) is 0 Å². The van der Waals surface area contributed by atoms with E-state index in [1.54, 1.807) is 41.3 Å². The van der Waals surface area contributed by atoms with Crippen molar-refractivity contribution < 1.29 is 13.2 Å². The van der Waals surface area contributed by atoms with Gasteiger partial charge in [-0.1, -0.05) is 36.0 Å². The molecule has 3 aromatic carbocycles. The van der Waals surface area contributed by atoms with Gasteiger partial charge in [0.1, 0.15) is 0 Å². The molecule has 0 saturated carbocycles. The summed E-state index contributed by atoms with van der Waals surface area (Å²) in [6.45, 7) is 0.394. The summed E-state index contributed by atoms with van der Waals surface area (Å²) < 4.78 is 30.0. The Morgan fingerprint density at radius 3 is 2.78 bits per heavy atom. The molecule has 0 aliphatic carbocycles. The van der Waals surface area contributed by atoms with Crippen LogP contribution in [0.25, 0.3) is 10.2 Å². The second-order valence-corrected chi connectivity index (χ2v) is 11.3. The summed E-state index contributed by atoms with van der Waals surface area (Å²) >= 11 is 3.14. The molecule has 1 amide bonds. The zero-order valence-corrected chi connectivity index (χ0v) is 19.6. The monoisotopic (exact) mass is 481 g/mol. The van der Waals surface area contributed by atoms with Gasteiger partial charge in [0.05, 0.1) is 20.8 Å². The maximum atomic E-state index is 13.3. The second-order valence-electron chi connectivity index (χ2n) is 7.30. The number of nitrogens with one attached hydrogen (secondary N) is 1. The molecule has 1 aromatic heterocycles. The van der Waals surface area contributed by atoms with E-state index < -0.39 is 10.0 Å². The van der Waals surface area contributed by atoms with Crippen molar-refractivity contribution in [3.8, 4) is 0 Å². The lowest BCUT2D eigenvalue weighted by molar-refractivity contribution is 0.102. The van der Waals surface area contributed by atoms with E-state index in [2.05, 4.69) is 10.3 Å². The van der Waals surface area contributed by atoms with Crippen molar-refractivity contribution in [2.75, 3.05) is 22.4 Å². The van der Waals surface area contributed by atoms with Crippen LogP contribution in [0.1, 0.15) is 15.9 Å². The minimum Gasteiger partial charge on any atom is -0.322 e. The Bertz CT molecular complexity index is 1450. The van der Waals surface area contributed by atoms with Crippen LogP contribution < -0.4 is 9.62 Å². The third kappa shape index (κ3) is 3.76. The molecule has 0 spiro atoms. The molecule has 0 fully saturated rings. The Balaban J connectivity index is 1.41. The Labute approximate surface area is 194 Å². The minimum absolute atomic E-state index is 0.101. The maximum Gasteiger partial charge on any atom is 0.264 e. The summed E-state index contributed by atoms with van der Waals surface area (Å²) in [6.07, 6.45) is 2.65. The number of benzene rings is 3. The molecule has 1 aliphatic heterocycles. The van der Waals surface area contributed by atoms with Gasteiger partial charge in [0, 0.05) is 17.8 Å². The third-order valence-electron chi connectivity index (χ3n) is 5.33. The highest BCUT2D eigenvalue weighted by molar-refractivity contribution is 8.00. The van der Waals surface area contributed by atoms with Crippen LogP contribution >= 0.6 is 23.1 Å². The van der Waals surface area contributed by atoms with E-state index in [0.717, 1.165) is 20.1 Å². The average Bonchev–Trinajstić information content (AvgIpc) is 3.43. The molecule has 32 heavy (non-hydrogen) atoms. The number of nitrogens with zero attached hydrogens (tertiary/aromatic N) is 2. The lowest BCUT2D eigenvalue weighted by atomic mass is 10.2. The number of aromatic nitrogens is 1. The van der Waals surface area contributed by atoms with E-state index in [0.29, 0.717) is 24.3 Å². The molecule has 162 valence electrons. The third-order valence-corrected chi connectivity index (χ3v) is 9.14. The predicted molar refractivity (Wildman–Crippen MR) is 130 cm³/mol. The first-order valence-electron chi connectivity index (χ1n) is 9.92. The Kier molecular flexibility index (Phi) is 5.40. The van der Waals surface area contributed by atoms with Crippen molar-refractivity contribution >= 4 is 60.6 Å². The highest BCUT2D eigenvalue weighted by atomic mass is 32.2. The molecule has 5 rings (SSSR count). The summed E-state index contributed by atoms with van der Waals surface area (Å²) in [5, 5.41) is 2.87. The molecule has 0 radical (unpaired) electrons. The van der Waals surface area contributed by atoms with E-state index >= 15 is 0 Å². The average molecular weight is 482 g/mol. The summed E-state index contributed by atoms with van der Waals surface area (Å²) in [7, 11) is -3.77. The van der Waals surface area contributed by atoms with Crippen LogP contribution in [-0.2, 0) is 16.4 Å².